The molecule has 18 heavy (non-hydrogen) atoms. The molecule has 2 rings (SSSR count). The van der Waals surface area contributed by atoms with Crippen molar-refractivity contribution in [2.45, 2.75) is 13.0 Å². The monoisotopic (exact) mass is 268 g/mol. The van der Waals surface area contributed by atoms with E-state index in [2.05, 4.69) is 12.2 Å². The second kappa shape index (κ2) is 6.07. The van der Waals surface area contributed by atoms with E-state index in [4.69, 9.17) is 16.3 Å². The first-order chi connectivity index (χ1) is 8.65. The molecule has 1 amide bonds. The smallest absolute Gasteiger partial charge is 0.260 e. The van der Waals surface area contributed by atoms with Crippen LogP contribution in [0, 0.1) is 0 Å². The molecule has 0 radical (unpaired) electrons. The topological polar surface area (TPSA) is 41.6 Å². The summed E-state index contributed by atoms with van der Waals surface area (Å²) in [7, 11) is 0. The van der Waals surface area contributed by atoms with Gasteiger partial charge in [0.2, 0.25) is 0 Å². The van der Waals surface area contributed by atoms with Gasteiger partial charge in [-0.05, 0) is 25.1 Å². The van der Waals surface area contributed by atoms with Crippen molar-refractivity contribution in [2.24, 2.45) is 0 Å². The highest BCUT2D eigenvalue weighted by Gasteiger charge is 2.20. The van der Waals surface area contributed by atoms with Gasteiger partial charge in [0.1, 0.15) is 5.75 Å². The van der Waals surface area contributed by atoms with Gasteiger partial charge >= 0.3 is 0 Å². The number of hydrogen-bond acceptors (Lipinski definition) is 3. The third-order valence-corrected chi connectivity index (χ3v) is 3.11. The predicted molar refractivity (Wildman–Crippen MR) is 71.0 cm³/mol. The van der Waals surface area contributed by atoms with Crippen molar-refractivity contribution in [2.75, 3.05) is 26.2 Å². The summed E-state index contributed by atoms with van der Waals surface area (Å²) in [5.41, 5.74) is 0. The van der Waals surface area contributed by atoms with Gasteiger partial charge in [-0.2, -0.15) is 0 Å². The number of benzene rings is 1. The van der Waals surface area contributed by atoms with E-state index in [-0.39, 0.29) is 12.5 Å². The molecule has 0 aliphatic carbocycles. The van der Waals surface area contributed by atoms with Gasteiger partial charge in [0.15, 0.2) is 6.61 Å². The maximum atomic E-state index is 11.9. The largest absolute Gasteiger partial charge is 0.484 e. The summed E-state index contributed by atoms with van der Waals surface area (Å²) < 4.78 is 5.44. The van der Waals surface area contributed by atoms with Crippen LogP contribution in [0.2, 0.25) is 5.02 Å². The Kier molecular flexibility index (Phi) is 4.44. The minimum Gasteiger partial charge on any atom is -0.484 e. The summed E-state index contributed by atoms with van der Waals surface area (Å²) in [6.45, 7) is 4.44. The van der Waals surface area contributed by atoms with Crippen LogP contribution in [-0.2, 0) is 4.79 Å². The highest BCUT2D eigenvalue weighted by atomic mass is 35.5. The maximum Gasteiger partial charge on any atom is 0.260 e. The second-order valence-corrected chi connectivity index (χ2v) is 4.88. The van der Waals surface area contributed by atoms with Crippen LogP contribution < -0.4 is 10.1 Å². The average molecular weight is 269 g/mol. The standard InChI is InChI=1S/C13H17ClN2O2/c1-10-8-16(6-5-15-10)13(17)9-18-12-4-2-3-11(14)7-12/h2-4,7,10,15H,5-6,8-9H2,1H3. The van der Waals surface area contributed by atoms with E-state index in [0.717, 1.165) is 19.6 Å². The molecule has 0 saturated carbocycles. The molecule has 1 aromatic carbocycles. The van der Waals surface area contributed by atoms with Crippen molar-refractivity contribution < 1.29 is 9.53 Å². The summed E-state index contributed by atoms with van der Waals surface area (Å²) in [6.07, 6.45) is 0. The molecular weight excluding hydrogens is 252 g/mol. The lowest BCUT2D eigenvalue weighted by Crippen LogP contribution is -2.52. The van der Waals surface area contributed by atoms with E-state index in [0.29, 0.717) is 16.8 Å². The average Bonchev–Trinajstić information content (AvgIpc) is 2.36. The number of nitrogens with one attached hydrogen (secondary N) is 1. The first-order valence-corrected chi connectivity index (χ1v) is 6.42. The number of nitrogens with zero attached hydrogens (tertiary/aromatic N) is 1. The van der Waals surface area contributed by atoms with Gasteiger partial charge in [0.05, 0.1) is 0 Å². The van der Waals surface area contributed by atoms with Gasteiger partial charge in [-0.1, -0.05) is 17.7 Å². The fraction of sp³-hybridized carbons (Fsp3) is 0.462. The highest BCUT2D eigenvalue weighted by molar-refractivity contribution is 6.30. The molecular formula is C13H17ClN2O2. The summed E-state index contributed by atoms with van der Waals surface area (Å²) in [5, 5.41) is 3.90. The number of ether oxygens (including phenoxy) is 1. The van der Waals surface area contributed by atoms with Gasteiger partial charge in [-0.3, -0.25) is 4.79 Å². The zero-order valence-electron chi connectivity index (χ0n) is 10.4. The molecule has 1 aromatic rings. The van der Waals surface area contributed by atoms with Gasteiger partial charge in [-0.15, -0.1) is 0 Å². The number of carbonyl (C=O) groups excluding carboxylic acids is 1. The minimum absolute atomic E-state index is 0.0170. The SMILES string of the molecule is CC1CN(C(=O)COc2cccc(Cl)c2)CCN1. The molecule has 1 saturated heterocycles. The summed E-state index contributed by atoms with van der Waals surface area (Å²) in [5.74, 6) is 0.641. The number of amides is 1. The lowest BCUT2D eigenvalue weighted by atomic mass is 10.2. The van der Waals surface area contributed by atoms with Crippen molar-refractivity contribution in [1.29, 1.82) is 0 Å². The quantitative estimate of drug-likeness (QED) is 0.904. The van der Waals surface area contributed by atoms with Crippen molar-refractivity contribution in [1.82, 2.24) is 10.2 Å². The molecule has 1 heterocycles. The predicted octanol–water partition coefficient (Wildman–Crippen LogP) is 1.54. The van der Waals surface area contributed by atoms with Crippen LogP contribution in [0.4, 0.5) is 0 Å². The molecule has 1 aliphatic rings. The minimum atomic E-state index is 0.0170. The van der Waals surface area contributed by atoms with Crippen LogP contribution in [0.3, 0.4) is 0 Å². The Labute approximate surface area is 112 Å². The summed E-state index contributed by atoms with van der Waals surface area (Å²) in [6, 6.07) is 7.41. The van der Waals surface area contributed by atoms with Gasteiger partial charge < -0.3 is 15.0 Å². The van der Waals surface area contributed by atoms with Crippen LogP contribution in [0.25, 0.3) is 0 Å². The Balaban J connectivity index is 1.84. The first-order valence-electron chi connectivity index (χ1n) is 6.04. The molecule has 5 heteroatoms. The Morgan fingerprint density at radius 1 is 1.61 bits per heavy atom. The van der Waals surface area contributed by atoms with Crippen molar-refractivity contribution in [3.8, 4) is 5.75 Å². The van der Waals surface area contributed by atoms with E-state index >= 15 is 0 Å². The third kappa shape index (κ3) is 3.62. The van der Waals surface area contributed by atoms with Crippen LogP contribution in [0.1, 0.15) is 6.92 Å². The fourth-order valence-corrected chi connectivity index (χ4v) is 2.13. The van der Waals surface area contributed by atoms with Crippen molar-refractivity contribution >= 4 is 17.5 Å². The summed E-state index contributed by atoms with van der Waals surface area (Å²) in [4.78, 5) is 13.8. The molecule has 0 spiro atoms. The normalized spacial score (nSPS) is 19.7. The molecule has 4 nitrogen and oxygen atoms in total. The van der Waals surface area contributed by atoms with E-state index in [1.54, 1.807) is 24.3 Å². The number of carbonyl (C=O) groups is 1. The third-order valence-electron chi connectivity index (χ3n) is 2.88. The maximum absolute atomic E-state index is 11.9. The fourth-order valence-electron chi connectivity index (χ4n) is 1.95. The van der Waals surface area contributed by atoms with Gasteiger partial charge in [0, 0.05) is 30.7 Å². The molecule has 0 bridgehead atoms. The van der Waals surface area contributed by atoms with E-state index in [9.17, 15) is 4.79 Å². The van der Waals surface area contributed by atoms with Crippen molar-refractivity contribution in [3.63, 3.8) is 0 Å². The Hall–Kier alpha value is -1.26. The van der Waals surface area contributed by atoms with Crippen LogP contribution >= 0.6 is 11.6 Å². The Bertz CT molecular complexity index is 425. The molecule has 1 aliphatic heterocycles. The second-order valence-electron chi connectivity index (χ2n) is 4.44. The van der Waals surface area contributed by atoms with Crippen LogP contribution in [-0.4, -0.2) is 43.1 Å². The van der Waals surface area contributed by atoms with Crippen LogP contribution in [0.15, 0.2) is 24.3 Å². The number of halogens is 1. The summed E-state index contributed by atoms with van der Waals surface area (Å²) >= 11 is 5.84. The molecule has 1 N–H and O–H groups in total. The van der Waals surface area contributed by atoms with Crippen LogP contribution in [0.5, 0.6) is 5.75 Å². The van der Waals surface area contributed by atoms with E-state index in [1.807, 2.05) is 4.90 Å². The molecule has 0 aromatic heterocycles. The number of piperazine rings is 1. The lowest BCUT2D eigenvalue weighted by Gasteiger charge is -2.31. The molecule has 1 atom stereocenters. The van der Waals surface area contributed by atoms with Gasteiger partial charge in [0.25, 0.3) is 5.91 Å². The van der Waals surface area contributed by atoms with Crippen molar-refractivity contribution in [3.05, 3.63) is 29.3 Å². The Morgan fingerprint density at radius 2 is 2.44 bits per heavy atom. The number of rotatable bonds is 3. The molecule has 98 valence electrons. The lowest BCUT2D eigenvalue weighted by molar-refractivity contribution is -0.134. The Morgan fingerprint density at radius 3 is 3.17 bits per heavy atom. The van der Waals surface area contributed by atoms with E-state index in [1.165, 1.54) is 0 Å². The highest BCUT2D eigenvalue weighted by Crippen LogP contribution is 2.17. The van der Waals surface area contributed by atoms with E-state index < -0.39 is 0 Å². The first kappa shape index (κ1) is 13.2. The zero-order valence-corrected chi connectivity index (χ0v) is 11.1. The molecule has 1 fully saturated rings. The molecule has 1 unspecified atom stereocenters. The number of hydrogen-bond donors (Lipinski definition) is 1. The van der Waals surface area contributed by atoms with Gasteiger partial charge in [-0.25, -0.2) is 0 Å². The zero-order chi connectivity index (χ0) is 13.0.